The van der Waals surface area contributed by atoms with Crippen LogP contribution in [0.3, 0.4) is 0 Å². The molecule has 1 N–H and O–H groups in total. The van der Waals surface area contributed by atoms with E-state index in [-0.39, 0.29) is 11.8 Å². The van der Waals surface area contributed by atoms with Crippen molar-refractivity contribution in [3.63, 3.8) is 0 Å². The molecule has 2 heterocycles. The highest BCUT2D eigenvalue weighted by Gasteiger charge is 2.22. The number of hydrogen-bond donors (Lipinski definition) is 1. The Morgan fingerprint density at radius 2 is 1.83 bits per heavy atom. The highest BCUT2D eigenvalue weighted by molar-refractivity contribution is 5.55. The third kappa shape index (κ3) is 4.84. The number of hydrogen-bond acceptors (Lipinski definition) is 6. The van der Waals surface area contributed by atoms with Gasteiger partial charge in [0, 0.05) is 18.8 Å². The molecule has 1 aliphatic heterocycles. The van der Waals surface area contributed by atoms with Gasteiger partial charge in [0.1, 0.15) is 5.82 Å². The van der Waals surface area contributed by atoms with E-state index in [0.717, 1.165) is 32.4 Å². The lowest BCUT2D eigenvalue weighted by atomic mass is 9.90. The molecule has 7 heteroatoms. The van der Waals surface area contributed by atoms with Crippen molar-refractivity contribution in [3.05, 3.63) is 65.5 Å². The lowest BCUT2D eigenvalue weighted by Gasteiger charge is -2.32. The van der Waals surface area contributed by atoms with E-state index in [2.05, 4.69) is 55.5 Å². The fourth-order valence-electron chi connectivity index (χ4n) is 3.72. The van der Waals surface area contributed by atoms with E-state index in [1.165, 1.54) is 18.7 Å². The molecule has 4 rings (SSSR count). The number of aryl methyl sites for hydroxylation is 1. The molecule has 3 aromatic rings. The van der Waals surface area contributed by atoms with E-state index in [9.17, 15) is 4.39 Å². The summed E-state index contributed by atoms with van der Waals surface area (Å²) >= 11 is 0. The monoisotopic (exact) mass is 407 g/mol. The number of anilines is 3. The van der Waals surface area contributed by atoms with Crippen LogP contribution in [0.2, 0.25) is 0 Å². The topological polar surface area (TPSA) is 63.2 Å². The van der Waals surface area contributed by atoms with Crippen LogP contribution in [-0.2, 0) is 6.42 Å². The molecule has 0 unspecified atom stereocenters. The summed E-state index contributed by atoms with van der Waals surface area (Å²) < 4.78 is 19.1. The van der Waals surface area contributed by atoms with E-state index < -0.39 is 0 Å². The molecule has 2 aromatic carbocycles. The maximum absolute atomic E-state index is 13.9. The van der Waals surface area contributed by atoms with Gasteiger partial charge in [-0.05, 0) is 55.4 Å². The van der Waals surface area contributed by atoms with Gasteiger partial charge in [0.05, 0.1) is 7.11 Å². The van der Waals surface area contributed by atoms with E-state index in [0.29, 0.717) is 29.1 Å². The SMILES string of the molecule is COc1nc(Nc2ccc(C)c(F)c2)nc(N2CCC(Cc3ccccc3)CC2)n1. The van der Waals surface area contributed by atoms with Gasteiger partial charge in [-0.15, -0.1) is 0 Å². The average molecular weight is 407 g/mol. The maximum Gasteiger partial charge on any atom is 0.322 e. The van der Waals surface area contributed by atoms with Gasteiger partial charge in [0.2, 0.25) is 11.9 Å². The lowest BCUT2D eigenvalue weighted by molar-refractivity contribution is 0.373. The Morgan fingerprint density at radius 3 is 2.53 bits per heavy atom. The molecule has 0 atom stereocenters. The van der Waals surface area contributed by atoms with E-state index >= 15 is 0 Å². The van der Waals surface area contributed by atoms with Crippen LogP contribution in [0.4, 0.5) is 22.0 Å². The lowest BCUT2D eigenvalue weighted by Crippen LogP contribution is -2.35. The molecule has 0 bridgehead atoms. The van der Waals surface area contributed by atoms with Gasteiger partial charge < -0.3 is 15.0 Å². The molecule has 1 saturated heterocycles. The molecule has 156 valence electrons. The number of piperidine rings is 1. The van der Waals surface area contributed by atoms with Crippen LogP contribution < -0.4 is 15.0 Å². The van der Waals surface area contributed by atoms with Crippen molar-refractivity contribution in [1.29, 1.82) is 0 Å². The number of nitrogens with one attached hydrogen (secondary N) is 1. The van der Waals surface area contributed by atoms with Crippen LogP contribution in [0, 0.1) is 18.7 Å². The van der Waals surface area contributed by atoms with Crippen molar-refractivity contribution in [2.75, 3.05) is 30.4 Å². The number of ether oxygens (including phenoxy) is 1. The predicted molar refractivity (Wildman–Crippen MR) is 116 cm³/mol. The first-order chi connectivity index (χ1) is 14.6. The standard InChI is InChI=1S/C23H26FN5O/c1-16-8-9-19(15-20(16)24)25-21-26-22(28-23(27-21)30-2)29-12-10-18(11-13-29)14-17-6-4-3-5-7-17/h3-9,15,18H,10-14H2,1-2H3,(H,25,26,27,28). The van der Waals surface area contributed by atoms with Crippen molar-refractivity contribution in [2.45, 2.75) is 26.2 Å². The summed E-state index contributed by atoms with van der Waals surface area (Å²) in [6.07, 6.45) is 3.25. The van der Waals surface area contributed by atoms with Gasteiger partial charge in [0.15, 0.2) is 0 Å². The Morgan fingerprint density at radius 1 is 1.07 bits per heavy atom. The van der Waals surface area contributed by atoms with E-state index in [1.807, 2.05) is 0 Å². The summed E-state index contributed by atoms with van der Waals surface area (Å²) in [6, 6.07) is 15.8. The van der Waals surface area contributed by atoms with Gasteiger partial charge in [-0.1, -0.05) is 36.4 Å². The quantitative estimate of drug-likeness (QED) is 0.648. The van der Waals surface area contributed by atoms with Crippen LogP contribution in [0.15, 0.2) is 48.5 Å². The Kier molecular flexibility index (Phi) is 6.07. The minimum absolute atomic E-state index is 0.237. The van der Waals surface area contributed by atoms with Gasteiger partial charge in [-0.2, -0.15) is 15.0 Å². The molecule has 0 amide bonds. The predicted octanol–water partition coefficient (Wildman–Crippen LogP) is 4.53. The molecular formula is C23H26FN5O. The van der Waals surface area contributed by atoms with Gasteiger partial charge in [-0.3, -0.25) is 0 Å². The molecule has 0 aliphatic carbocycles. The van der Waals surface area contributed by atoms with Crippen LogP contribution in [0.5, 0.6) is 6.01 Å². The number of halogens is 1. The minimum Gasteiger partial charge on any atom is -0.467 e. The van der Waals surface area contributed by atoms with Crippen molar-refractivity contribution < 1.29 is 9.13 Å². The van der Waals surface area contributed by atoms with Crippen molar-refractivity contribution in [1.82, 2.24) is 15.0 Å². The maximum atomic E-state index is 13.9. The number of rotatable bonds is 6. The summed E-state index contributed by atoms with van der Waals surface area (Å²) in [5.41, 5.74) is 2.56. The molecule has 30 heavy (non-hydrogen) atoms. The molecule has 0 spiro atoms. The average Bonchev–Trinajstić information content (AvgIpc) is 2.77. The molecule has 0 saturated carbocycles. The fourth-order valence-corrected chi connectivity index (χ4v) is 3.72. The second kappa shape index (κ2) is 9.07. The second-order valence-corrected chi connectivity index (χ2v) is 7.65. The molecule has 1 fully saturated rings. The summed E-state index contributed by atoms with van der Waals surface area (Å²) in [6.45, 7) is 3.48. The smallest absolute Gasteiger partial charge is 0.322 e. The first-order valence-electron chi connectivity index (χ1n) is 10.2. The van der Waals surface area contributed by atoms with Gasteiger partial charge >= 0.3 is 6.01 Å². The van der Waals surface area contributed by atoms with E-state index in [1.54, 1.807) is 19.1 Å². The zero-order chi connectivity index (χ0) is 20.9. The van der Waals surface area contributed by atoms with Crippen molar-refractivity contribution >= 4 is 17.6 Å². The minimum atomic E-state index is -0.276. The van der Waals surface area contributed by atoms with Crippen LogP contribution in [-0.4, -0.2) is 35.2 Å². The largest absolute Gasteiger partial charge is 0.467 e. The number of nitrogens with zero attached hydrogens (tertiary/aromatic N) is 4. The third-order valence-corrected chi connectivity index (χ3v) is 5.48. The second-order valence-electron chi connectivity index (χ2n) is 7.65. The first kappa shape index (κ1) is 20.1. The number of aromatic nitrogens is 3. The summed E-state index contributed by atoms with van der Waals surface area (Å²) in [7, 11) is 1.53. The highest BCUT2D eigenvalue weighted by atomic mass is 19.1. The molecular weight excluding hydrogens is 381 g/mol. The summed E-state index contributed by atoms with van der Waals surface area (Å²) in [5, 5.41) is 3.06. The number of methoxy groups -OCH3 is 1. The molecule has 0 radical (unpaired) electrons. The first-order valence-corrected chi connectivity index (χ1v) is 10.2. The normalized spacial score (nSPS) is 14.6. The van der Waals surface area contributed by atoms with Crippen molar-refractivity contribution in [3.8, 4) is 6.01 Å². The third-order valence-electron chi connectivity index (χ3n) is 5.48. The highest BCUT2D eigenvalue weighted by Crippen LogP contribution is 2.26. The molecule has 6 nitrogen and oxygen atoms in total. The Hall–Kier alpha value is -3.22. The fraction of sp³-hybridized carbons (Fsp3) is 0.348. The van der Waals surface area contributed by atoms with Crippen LogP contribution in [0.25, 0.3) is 0 Å². The Labute approximate surface area is 176 Å². The van der Waals surface area contributed by atoms with Gasteiger partial charge in [0.25, 0.3) is 0 Å². The van der Waals surface area contributed by atoms with Crippen LogP contribution >= 0.6 is 0 Å². The zero-order valence-electron chi connectivity index (χ0n) is 17.3. The van der Waals surface area contributed by atoms with Crippen LogP contribution in [0.1, 0.15) is 24.0 Å². The molecule has 1 aliphatic rings. The van der Waals surface area contributed by atoms with Gasteiger partial charge in [-0.25, -0.2) is 4.39 Å². The Balaban J connectivity index is 1.45. The number of benzene rings is 2. The summed E-state index contributed by atoms with van der Waals surface area (Å²) in [4.78, 5) is 15.4. The molecule has 1 aromatic heterocycles. The van der Waals surface area contributed by atoms with Crippen molar-refractivity contribution in [2.24, 2.45) is 5.92 Å². The Bertz CT molecular complexity index is 990. The van der Waals surface area contributed by atoms with E-state index in [4.69, 9.17) is 4.74 Å². The zero-order valence-corrected chi connectivity index (χ0v) is 17.3. The summed E-state index contributed by atoms with van der Waals surface area (Å²) in [5.74, 6) is 1.30.